The highest BCUT2D eigenvalue weighted by Crippen LogP contribution is 2.23. The first-order chi connectivity index (χ1) is 7.15. The van der Waals surface area contributed by atoms with Crippen LogP contribution in [0.15, 0.2) is 0 Å². The normalized spacial score (nSPS) is 19.5. The lowest BCUT2D eigenvalue weighted by atomic mass is 9.88. The molecule has 0 aromatic heterocycles. The maximum absolute atomic E-state index is 11.7. The second kappa shape index (κ2) is 5.73. The number of hydrogen-bond donors (Lipinski definition) is 2. The van der Waals surface area contributed by atoms with Crippen LogP contribution in [0.25, 0.3) is 0 Å². The summed E-state index contributed by atoms with van der Waals surface area (Å²) in [7, 11) is 0. The second-order valence-corrected chi connectivity index (χ2v) is 4.14. The monoisotopic (exact) mass is 213 g/mol. The molecule has 1 aliphatic carbocycles. The van der Waals surface area contributed by atoms with E-state index in [9.17, 15) is 9.59 Å². The van der Waals surface area contributed by atoms with Crippen LogP contribution in [0.4, 0.5) is 0 Å². The van der Waals surface area contributed by atoms with Crippen molar-refractivity contribution in [2.75, 3.05) is 0 Å². The van der Waals surface area contributed by atoms with E-state index in [2.05, 4.69) is 5.32 Å². The topological polar surface area (TPSA) is 66.4 Å². The molecule has 1 atom stereocenters. The van der Waals surface area contributed by atoms with Crippen LogP contribution in [0.5, 0.6) is 0 Å². The highest BCUT2D eigenvalue weighted by atomic mass is 16.4. The van der Waals surface area contributed by atoms with Crippen molar-refractivity contribution in [3.8, 4) is 0 Å². The predicted octanol–water partition coefficient (Wildman–Crippen LogP) is 1.55. The largest absolute Gasteiger partial charge is 0.480 e. The van der Waals surface area contributed by atoms with E-state index in [0.717, 1.165) is 25.7 Å². The Bertz CT molecular complexity index is 234. The van der Waals surface area contributed by atoms with Crippen LogP contribution < -0.4 is 5.32 Å². The van der Waals surface area contributed by atoms with E-state index in [-0.39, 0.29) is 11.8 Å². The maximum Gasteiger partial charge on any atom is 0.326 e. The third kappa shape index (κ3) is 3.53. The van der Waals surface area contributed by atoms with Gasteiger partial charge in [-0.2, -0.15) is 0 Å². The molecule has 0 unspecified atom stereocenters. The number of nitrogens with one attached hydrogen (secondary N) is 1. The standard InChI is InChI=1S/C11H19NO3/c1-2-9(11(14)15)12-10(13)8-6-4-3-5-7-8/h8-9H,2-7H2,1H3,(H,12,13)(H,14,15)/t9-/m1/s1. The van der Waals surface area contributed by atoms with Crippen molar-refractivity contribution in [1.82, 2.24) is 5.32 Å². The lowest BCUT2D eigenvalue weighted by molar-refractivity contribution is -0.142. The Morgan fingerprint density at radius 2 is 1.93 bits per heavy atom. The fourth-order valence-corrected chi connectivity index (χ4v) is 1.99. The maximum atomic E-state index is 11.7. The quantitative estimate of drug-likeness (QED) is 0.744. The summed E-state index contributed by atoms with van der Waals surface area (Å²) in [6, 6.07) is -0.723. The number of carbonyl (C=O) groups excluding carboxylic acids is 1. The number of amides is 1. The van der Waals surface area contributed by atoms with Crippen molar-refractivity contribution in [3.63, 3.8) is 0 Å². The van der Waals surface area contributed by atoms with Crippen molar-refractivity contribution in [3.05, 3.63) is 0 Å². The Morgan fingerprint density at radius 3 is 2.40 bits per heavy atom. The molecular weight excluding hydrogens is 194 g/mol. The molecule has 0 radical (unpaired) electrons. The molecule has 86 valence electrons. The van der Waals surface area contributed by atoms with E-state index in [1.807, 2.05) is 0 Å². The predicted molar refractivity (Wildman–Crippen MR) is 56.4 cm³/mol. The van der Waals surface area contributed by atoms with Crippen molar-refractivity contribution in [1.29, 1.82) is 0 Å². The molecule has 0 aromatic carbocycles. The third-order valence-corrected chi connectivity index (χ3v) is 3.00. The van der Waals surface area contributed by atoms with Gasteiger partial charge in [-0.15, -0.1) is 0 Å². The molecule has 0 saturated heterocycles. The van der Waals surface area contributed by atoms with Crippen LogP contribution in [0, 0.1) is 5.92 Å². The minimum atomic E-state index is -0.943. The molecule has 15 heavy (non-hydrogen) atoms. The molecular formula is C11H19NO3. The van der Waals surface area contributed by atoms with Gasteiger partial charge in [-0.1, -0.05) is 26.2 Å². The fourth-order valence-electron chi connectivity index (χ4n) is 1.99. The summed E-state index contributed by atoms with van der Waals surface area (Å²) in [6.45, 7) is 1.76. The van der Waals surface area contributed by atoms with Gasteiger partial charge in [0.05, 0.1) is 0 Å². The van der Waals surface area contributed by atoms with Crippen molar-refractivity contribution < 1.29 is 14.7 Å². The molecule has 1 amide bonds. The molecule has 1 aliphatic rings. The molecule has 1 fully saturated rings. The van der Waals surface area contributed by atoms with Gasteiger partial charge in [-0.05, 0) is 19.3 Å². The number of carboxylic acids is 1. The van der Waals surface area contributed by atoms with Crippen LogP contribution in [0.2, 0.25) is 0 Å². The fraction of sp³-hybridized carbons (Fsp3) is 0.818. The second-order valence-electron chi connectivity index (χ2n) is 4.14. The van der Waals surface area contributed by atoms with E-state index in [1.54, 1.807) is 6.92 Å². The summed E-state index contributed by atoms with van der Waals surface area (Å²) in [5.74, 6) is -0.988. The number of carboxylic acid groups (broad SMARTS) is 1. The Morgan fingerprint density at radius 1 is 1.33 bits per heavy atom. The van der Waals surface area contributed by atoms with E-state index in [4.69, 9.17) is 5.11 Å². The Hall–Kier alpha value is -1.06. The van der Waals surface area contributed by atoms with Crippen LogP contribution in [0.1, 0.15) is 45.4 Å². The summed E-state index contributed by atoms with van der Waals surface area (Å²) in [4.78, 5) is 22.4. The number of rotatable bonds is 4. The van der Waals surface area contributed by atoms with Crippen molar-refractivity contribution in [2.24, 2.45) is 5.92 Å². The van der Waals surface area contributed by atoms with E-state index >= 15 is 0 Å². The van der Waals surface area contributed by atoms with Crippen molar-refractivity contribution >= 4 is 11.9 Å². The van der Waals surface area contributed by atoms with Crippen molar-refractivity contribution in [2.45, 2.75) is 51.5 Å². The summed E-state index contributed by atoms with van der Waals surface area (Å²) >= 11 is 0. The van der Waals surface area contributed by atoms with Gasteiger partial charge in [0.2, 0.25) is 5.91 Å². The van der Waals surface area contributed by atoms with E-state index in [1.165, 1.54) is 6.42 Å². The van der Waals surface area contributed by atoms with Crippen LogP contribution in [0.3, 0.4) is 0 Å². The van der Waals surface area contributed by atoms with Gasteiger partial charge < -0.3 is 10.4 Å². The van der Waals surface area contributed by atoms with E-state index in [0.29, 0.717) is 6.42 Å². The van der Waals surface area contributed by atoms with Gasteiger partial charge in [-0.3, -0.25) is 4.79 Å². The third-order valence-electron chi connectivity index (χ3n) is 3.00. The molecule has 4 nitrogen and oxygen atoms in total. The first-order valence-corrected chi connectivity index (χ1v) is 5.68. The Kier molecular flexibility index (Phi) is 4.59. The molecule has 0 bridgehead atoms. The molecule has 4 heteroatoms. The lowest BCUT2D eigenvalue weighted by Gasteiger charge is -2.22. The van der Waals surface area contributed by atoms with Gasteiger partial charge >= 0.3 is 5.97 Å². The SMILES string of the molecule is CC[C@@H](NC(=O)C1CCCCC1)C(=O)O. The van der Waals surface area contributed by atoms with Crippen LogP contribution >= 0.6 is 0 Å². The van der Waals surface area contributed by atoms with Crippen LogP contribution in [-0.2, 0) is 9.59 Å². The number of carbonyl (C=O) groups is 2. The molecule has 1 rings (SSSR count). The summed E-state index contributed by atoms with van der Waals surface area (Å²) < 4.78 is 0. The first-order valence-electron chi connectivity index (χ1n) is 5.68. The average Bonchev–Trinajstić information content (AvgIpc) is 2.26. The smallest absolute Gasteiger partial charge is 0.326 e. The molecule has 2 N–H and O–H groups in total. The highest BCUT2D eigenvalue weighted by Gasteiger charge is 2.25. The summed E-state index contributed by atoms with van der Waals surface area (Å²) in [5.41, 5.74) is 0. The van der Waals surface area contributed by atoms with Crippen LogP contribution in [-0.4, -0.2) is 23.0 Å². The Balaban J connectivity index is 2.42. The molecule has 0 spiro atoms. The Labute approximate surface area is 90.0 Å². The highest BCUT2D eigenvalue weighted by molar-refractivity contribution is 5.84. The van der Waals surface area contributed by atoms with Gasteiger partial charge in [0.15, 0.2) is 0 Å². The van der Waals surface area contributed by atoms with Gasteiger partial charge in [0, 0.05) is 5.92 Å². The van der Waals surface area contributed by atoms with Gasteiger partial charge in [-0.25, -0.2) is 4.79 Å². The zero-order valence-corrected chi connectivity index (χ0v) is 9.16. The molecule has 0 aromatic rings. The minimum absolute atomic E-state index is 0.0344. The first kappa shape index (κ1) is 12.0. The molecule has 0 heterocycles. The summed E-state index contributed by atoms with van der Waals surface area (Å²) in [6.07, 6.45) is 5.61. The lowest BCUT2D eigenvalue weighted by Crippen LogP contribution is -2.43. The zero-order valence-electron chi connectivity index (χ0n) is 9.16. The average molecular weight is 213 g/mol. The van der Waals surface area contributed by atoms with Gasteiger partial charge in [0.25, 0.3) is 0 Å². The van der Waals surface area contributed by atoms with Gasteiger partial charge in [0.1, 0.15) is 6.04 Å². The molecule has 0 aliphatic heterocycles. The summed E-state index contributed by atoms with van der Waals surface area (Å²) in [5, 5.41) is 11.4. The number of aliphatic carboxylic acids is 1. The number of hydrogen-bond acceptors (Lipinski definition) is 2. The molecule has 1 saturated carbocycles. The zero-order chi connectivity index (χ0) is 11.3. The van der Waals surface area contributed by atoms with E-state index < -0.39 is 12.0 Å². The minimum Gasteiger partial charge on any atom is -0.480 e.